The Balaban J connectivity index is 1.48. The van der Waals surface area contributed by atoms with E-state index >= 15 is 0 Å². The molecule has 2 N–H and O–H groups in total. The second kappa shape index (κ2) is 9.80. The zero-order valence-corrected chi connectivity index (χ0v) is 17.5. The highest BCUT2D eigenvalue weighted by Crippen LogP contribution is 2.32. The zero-order valence-electron chi connectivity index (χ0n) is 17.5. The van der Waals surface area contributed by atoms with Crippen molar-refractivity contribution in [3.8, 4) is 5.75 Å². The molecule has 0 aromatic heterocycles. The lowest BCUT2D eigenvalue weighted by Crippen LogP contribution is -2.40. The van der Waals surface area contributed by atoms with Gasteiger partial charge in [0.15, 0.2) is 5.60 Å². The Hall–Kier alpha value is -2.80. The highest BCUT2D eigenvalue weighted by atomic mass is 19.1. The largest absolute Gasteiger partial charge is 0.489 e. The topological polar surface area (TPSA) is 71.0 Å². The highest BCUT2D eigenvalue weighted by molar-refractivity contribution is 5.77. The van der Waals surface area contributed by atoms with Crippen LogP contribution in [0.15, 0.2) is 42.5 Å². The molecule has 0 aliphatic carbocycles. The summed E-state index contributed by atoms with van der Waals surface area (Å²) in [7, 11) is 0. The van der Waals surface area contributed by atoms with E-state index < -0.39 is 11.6 Å². The van der Waals surface area contributed by atoms with Crippen LogP contribution in [0.2, 0.25) is 0 Å². The molecule has 6 nitrogen and oxygen atoms in total. The lowest BCUT2D eigenvalue weighted by molar-refractivity contribution is -0.162. The molecule has 0 spiro atoms. The summed E-state index contributed by atoms with van der Waals surface area (Å²) in [5, 5.41) is 12.8. The molecular weight excluding hydrogens is 387 g/mol. The molecule has 162 valence electrons. The number of hydrogen-bond donors (Lipinski definition) is 2. The molecule has 3 rings (SSSR count). The molecule has 0 bridgehead atoms. The van der Waals surface area contributed by atoms with E-state index in [0.29, 0.717) is 25.4 Å². The number of rotatable bonds is 10. The Morgan fingerprint density at radius 3 is 2.77 bits per heavy atom. The van der Waals surface area contributed by atoms with Gasteiger partial charge in [-0.1, -0.05) is 12.1 Å². The van der Waals surface area contributed by atoms with Crippen LogP contribution in [0.1, 0.15) is 25.8 Å². The molecule has 1 aliphatic heterocycles. The van der Waals surface area contributed by atoms with Crippen LogP contribution in [0.3, 0.4) is 0 Å². The molecular formula is C23H29FN2O4. The number of benzene rings is 2. The number of hydrogen-bond acceptors (Lipinski definition) is 5. The molecule has 1 unspecified atom stereocenters. The van der Waals surface area contributed by atoms with E-state index in [4.69, 9.17) is 9.47 Å². The molecule has 0 radical (unpaired) electrons. The van der Waals surface area contributed by atoms with E-state index in [-0.39, 0.29) is 5.82 Å². The van der Waals surface area contributed by atoms with Gasteiger partial charge in [0.05, 0.1) is 12.2 Å². The third kappa shape index (κ3) is 5.42. The number of carboxylic acids is 1. The zero-order chi connectivity index (χ0) is 21.6. The van der Waals surface area contributed by atoms with Gasteiger partial charge in [-0.25, -0.2) is 9.18 Å². The summed E-state index contributed by atoms with van der Waals surface area (Å²) >= 11 is 0. The first kappa shape index (κ1) is 21.9. The molecule has 0 fully saturated rings. The normalized spacial score (nSPS) is 15.1. The van der Waals surface area contributed by atoms with Crippen molar-refractivity contribution in [1.82, 2.24) is 0 Å². The summed E-state index contributed by atoms with van der Waals surface area (Å²) in [6, 6.07) is 12.4. The van der Waals surface area contributed by atoms with E-state index in [2.05, 4.69) is 10.2 Å². The Kier molecular flexibility index (Phi) is 7.15. The Morgan fingerprint density at radius 2 is 2.07 bits per heavy atom. The second-order valence-electron chi connectivity index (χ2n) is 7.57. The molecule has 1 atom stereocenters. The summed E-state index contributed by atoms with van der Waals surface area (Å²) in [6.45, 7) is 6.73. The molecule has 30 heavy (non-hydrogen) atoms. The van der Waals surface area contributed by atoms with Crippen LogP contribution in [-0.2, 0) is 16.0 Å². The lowest BCUT2D eigenvalue weighted by Gasteiger charge is -2.31. The minimum Gasteiger partial charge on any atom is -0.489 e. The average Bonchev–Trinajstić information content (AvgIpc) is 2.72. The predicted octanol–water partition coefficient (Wildman–Crippen LogP) is 3.95. The quantitative estimate of drug-likeness (QED) is 0.572. The smallest absolute Gasteiger partial charge is 0.336 e. The number of aliphatic carboxylic acids is 1. The number of fused-ring (bicyclic) bond motifs is 1. The van der Waals surface area contributed by atoms with Crippen molar-refractivity contribution in [3.05, 3.63) is 53.8 Å². The molecule has 1 aliphatic rings. The van der Waals surface area contributed by atoms with Gasteiger partial charge in [-0.2, -0.15) is 0 Å². The lowest BCUT2D eigenvalue weighted by atomic mass is 9.96. The van der Waals surface area contributed by atoms with Crippen LogP contribution >= 0.6 is 0 Å². The molecule has 2 aromatic carbocycles. The Labute approximate surface area is 176 Å². The molecule has 0 saturated carbocycles. The number of carboxylic acid groups (broad SMARTS) is 1. The Bertz CT molecular complexity index is 859. The number of nitrogens with zero attached hydrogens (tertiary/aromatic N) is 1. The van der Waals surface area contributed by atoms with E-state index in [1.54, 1.807) is 19.9 Å². The minimum atomic E-state index is -1.22. The van der Waals surface area contributed by atoms with E-state index in [1.165, 1.54) is 12.1 Å². The monoisotopic (exact) mass is 416 g/mol. The van der Waals surface area contributed by atoms with E-state index in [0.717, 1.165) is 43.0 Å². The summed E-state index contributed by atoms with van der Waals surface area (Å²) < 4.78 is 24.4. The Morgan fingerprint density at radius 1 is 1.30 bits per heavy atom. The SMILES string of the molecule is CCOC(C)(Cc1ccc(NCCCN2CCOc3cc(F)ccc32)cc1)C(=O)O. The standard InChI is InChI=1S/C23H29FN2O4/c1-3-30-23(2,22(27)28)16-17-5-8-19(9-6-17)25-11-4-12-26-13-14-29-21-15-18(24)7-10-20(21)26/h5-10,15,25H,3-4,11-14,16H2,1-2H3,(H,27,28). The van der Waals surface area contributed by atoms with E-state index in [9.17, 15) is 14.3 Å². The number of halogens is 1. The van der Waals surface area contributed by atoms with Gasteiger partial charge in [-0.15, -0.1) is 0 Å². The van der Waals surface area contributed by atoms with Crippen molar-refractivity contribution in [2.75, 3.05) is 43.1 Å². The highest BCUT2D eigenvalue weighted by Gasteiger charge is 2.33. The fourth-order valence-electron chi connectivity index (χ4n) is 3.62. The van der Waals surface area contributed by atoms with Gasteiger partial charge in [-0.05, 0) is 50.1 Å². The van der Waals surface area contributed by atoms with Crippen molar-refractivity contribution in [2.24, 2.45) is 0 Å². The molecule has 1 heterocycles. The van der Waals surface area contributed by atoms with E-state index in [1.807, 2.05) is 24.3 Å². The van der Waals surface area contributed by atoms with Crippen LogP contribution in [0, 0.1) is 5.82 Å². The van der Waals surface area contributed by atoms with Gasteiger partial charge in [0.1, 0.15) is 18.2 Å². The van der Waals surface area contributed by atoms with Crippen molar-refractivity contribution < 1.29 is 23.8 Å². The molecule has 2 aromatic rings. The molecule has 0 amide bonds. The maximum absolute atomic E-state index is 13.4. The van der Waals surface area contributed by atoms with Crippen LogP contribution in [0.25, 0.3) is 0 Å². The van der Waals surface area contributed by atoms with Crippen molar-refractivity contribution in [3.63, 3.8) is 0 Å². The van der Waals surface area contributed by atoms with Gasteiger partial charge in [0.2, 0.25) is 0 Å². The summed E-state index contributed by atoms with van der Waals surface area (Å²) in [5.74, 6) is -0.644. The third-order valence-corrected chi connectivity index (χ3v) is 5.23. The first-order valence-electron chi connectivity index (χ1n) is 10.3. The maximum Gasteiger partial charge on any atom is 0.336 e. The number of ether oxygens (including phenoxy) is 2. The van der Waals surface area contributed by atoms with Gasteiger partial charge >= 0.3 is 5.97 Å². The number of anilines is 2. The first-order chi connectivity index (χ1) is 14.4. The maximum atomic E-state index is 13.4. The van der Waals surface area contributed by atoms with Gasteiger partial charge in [0, 0.05) is 37.9 Å². The fraction of sp³-hybridized carbons (Fsp3) is 0.435. The minimum absolute atomic E-state index is 0.286. The fourth-order valence-corrected chi connectivity index (χ4v) is 3.62. The summed E-state index contributed by atoms with van der Waals surface area (Å²) in [4.78, 5) is 13.7. The van der Waals surface area contributed by atoms with Crippen molar-refractivity contribution in [2.45, 2.75) is 32.3 Å². The summed E-state index contributed by atoms with van der Waals surface area (Å²) in [6.07, 6.45) is 1.23. The van der Waals surface area contributed by atoms with Crippen LogP contribution in [0.4, 0.5) is 15.8 Å². The third-order valence-electron chi connectivity index (χ3n) is 5.23. The van der Waals surface area contributed by atoms with Gasteiger partial charge < -0.3 is 24.8 Å². The van der Waals surface area contributed by atoms with Crippen LogP contribution < -0.4 is 15.0 Å². The molecule has 7 heteroatoms. The second-order valence-corrected chi connectivity index (χ2v) is 7.57. The van der Waals surface area contributed by atoms with Crippen LogP contribution in [-0.4, -0.2) is 49.5 Å². The average molecular weight is 416 g/mol. The number of carbonyl (C=O) groups is 1. The summed E-state index contributed by atoms with van der Waals surface area (Å²) in [5.41, 5.74) is 1.61. The van der Waals surface area contributed by atoms with Crippen molar-refractivity contribution in [1.29, 1.82) is 0 Å². The predicted molar refractivity (Wildman–Crippen MR) is 115 cm³/mol. The van der Waals surface area contributed by atoms with Gasteiger partial charge in [0.25, 0.3) is 0 Å². The van der Waals surface area contributed by atoms with Gasteiger partial charge in [-0.3, -0.25) is 0 Å². The van der Waals surface area contributed by atoms with Crippen molar-refractivity contribution >= 4 is 17.3 Å². The van der Waals surface area contributed by atoms with Crippen LogP contribution in [0.5, 0.6) is 5.75 Å². The number of nitrogens with one attached hydrogen (secondary N) is 1. The first-order valence-corrected chi connectivity index (χ1v) is 10.3. The molecule has 0 saturated heterocycles.